The van der Waals surface area contributed by atoms with Crippen molar-refractivity contribution in [3.05, 3.63) is 42.0 Å². The second-order valence-corrected chi connectivity index (χ2v) is 5.46. The van der Waals surface area contributed by atoms with Crippen LogP contribution in [0.25, 0.3) is 0 Å². The van der Waals surface area contributed by atoms with Crippen LogP contribution in [0.2, 0.25) is 0 Å². The molecule has 0 aliphatic carbocycles. The van der Waals surface area contributed by atoms with Crippen molar-refractivity contribution in [2.24, 2.45) is 7.05 Å². The van der Waals surface area contributed by atoms with E-state index < -0.39 is 0 Å². The summed E-state index contributed by atoms with van der Waals surface area (Å²) in [5.41, 5.74) is 2.36. The van der Waals surface area contributed by atoms with Crippen molar-refractivity contribution in [1.29, 1.82) is 0 Å². The number of nitrogens with one attached hydrogen (secondary N) is 2. The van der Waals surface area contributed by atoms with Crippen molar-refractivity contribution >= 4 is 11.6 Å². The van der Waals surface area contributed by atoms with Gasteiger partial charge in [-0.05, 0) is 18.6 Å². The molecule has 2 aromatic rings. The van der Waals surface area contributed by atoms with Crippen LogP contribution in [0, 0.1) is 0 Å². The van der Waals surface area contributed by atoms with Crippen molar-refractivity contribution < 1.29 is 4.79 Å². The molecule has 1 aromatic heterocycles. The number of benzene rings is 1. The van der Waals surface area contributed by atoms with Crippen LogP contribution in [0.3, 0.4) is 0 Å². The van der Waals surface area contributed by atoms with Gasteiger partial charge in [0.1, 0.15) is 6.33 Å². The standard InChI is InChI=1S/C15H19N5O/c1-10(15-19-17-9-20(15)2)18-14(21)7-11-8-16-13-6-4-3-5-12(11)13/h3-6,9-11,16H,7-8H2,1-2H3,(H,18,21). The van der Waals surface area contributed by atoms with E-state index in [4.69, 9.17) is 0 Å². The van der Waals surface area contributed by atoms with Crippen LogP contribution < -0.4 is 10.6 Å². The average Bonchev–Trinajstić information content (AvgIpc) is 3.06. The summed E-state index contributed by atoms with van der Waals surface area (Å²) in [4.78, 5) is 12.2. The topological polar surface area (TPSA) is 71.8 Å². The third kappa shape index (κ3) is 2.74. The highest BCUT2D eigenvalue weighted by atomic mass is 16.1. The Morgan fingerprint density at radius 2 is 2.33 bits per heavy atom. The van der Waals surface area contributed by atoms with Gasteiger partial charge in [0.2, 0.25) is 5.91 Å². The van der Waals surface area contributed by atoms with Crippen molar-refractivity contribution in [1.82, 2.24) is 20.1 Å². The summed E-state index contributed by atoms with van der Waals surface area (Å²) in [5, 5.41) is 14.2. The lowest BCUT2D eigenvalue weighted by molar-refractivity contribution is -0.122. The van der Waals surface area contributed by atoms with Gasteiger partial charge in [-0.1, -0.05) is 18.2 Å². The first-order chi connectivity index (χ1) is 10.1. The first-order valence-electron chi connectivity index (χ1n) is 7.11. The van der Waals surface area contributed by atoms with E-state index in [2.05, 4.69) is 33.0 Å². The van der Waals surface area contributed by atoms with Crippen molar-refractivity contribution in [3.8, 4) is 0 Å². The Morgan fingerprint density at radius 3 is 3.10 bits per heavy atom. The van der Waals surface area contributed by atoms with Gasteiger partial charge in [-0.15, -0.1) is 10.2 Å². The smallest absolute Gasteiger partial charge is 0.221 e. The second kappa shape index (κ2) is 5.55. The lowest BCUT2D eigenvalue weighted by atomic mass is 9.97. The molecule has 6 nitrogen and oxygen atoms in total. The van der Waals surface area contributed by atoms with Gasteiger partial charge in [0.25, 0.3) is 0 Å². The summed E-state index contributed by atoms with van der Waals surface area (Å²) in [7, 11) is 1.87. The molecule has 1 amide bonds. The normalized spacial score (nSPS) is 17.9. The third-order valence-electron chi connectivity index (χ3n) is 3.88. The molecule has 2 heterocycles. The fourth-order valence-corrected chi connectivity index (χ4v) is 2.81. The highest BCUT2D eigenvalue weighted by molar-refractivity contribution is 5.78. The number of carbonyl (C=O) groups excluding carboxylic acids is 1. The molecule has 0 saturated carbocycles. The van der Waals surface area contributed by atoms with E-state index in [1.54, 1.807) is 6.33 Å². The van der Waals surface area contributed by atoms with Gasteiger partial charge in [-0.2, -0.15) is 0 Å². The molecule has 2 N–H and O–H groups in total. The fourth-order valence-electron chi connectivity index (χ4n) is 2.81. The van der Waals surface area contributed by atoms with Crippen LogP contribution in [0.4, 0.5) is 5.69 Å². The lowest BCUT2D eigenvalue weighted by Gasteiger charge is -2.15. The first kappa shape index (κ1) is 13.6. The number of amides is 1. The molecular formula is C15H19N5O. The molecule has 0 fully saturated rings. The van der Waals surface area contributed by atoms with Gasteiger partial charge in [0, 0.05) is 31.6 Å². The third-order valence-corrected chi connectivity index (χ3v) is 3.88. The zero-order chi connectivity index (χ0) is 14.8. The van der Waals surface area contributed by atoms with E-state index >= 15 is 0 Å². The van der Waals surface area contributed by atoms with Crippen LogP contribution in [-0.2, 0) is 11.8 Å². The SMILES string of the molecule is CC(NC(=O)CC1CNc2ccccc21)c1nncn1C. The summed E-state index contributed by atoms with van der Waals surface area (Å²) in [6, 6.07) is 8.01. The predicted octanol–water partition coefficient (Wildman–Crippen LogP) is 1.59. The number of rotatable bonds is 4. The minimum absolute atomic E-state index is 0.0361. The first-order valence-corrected chi connectivity index (χ1v) is 7.11. The van der Waals surface area contributed by atoms with Gasteiger partial charge in [0.15, 0.2) is 5.82 Å². The zero-order valence-corrected chi connectivity index (χ0v) is 12.2. The van der Waals surface area contributed by atoms with Gasteiger partial charge in [-0.3, -0.25) is 4.79 Å². The quantitative estimate of drug-likeness (QED) is 0.895. The Morgan fingerprint density at radius 1 is 1.52 bits per heavy atom. The number of hydrogen-bond donors (Lipinski definition) is 2. The molecule has 2 atom stereocenters. The van der Waals surface area contributed by atoms with Crippen LogP contribution in [0.15, 0.2) is 30.6 Å². The van der Waals surface area contributed by atoms with Gasteiger partial charge in [-0.25, -0.2) is 0 Å². The summed E-state index contributed by atoms with van der Waals surface area (Å²) >= 11 is 0. The molecule has 3 rings (SSSR count). The zero-order valence-electron chi connectivity index (χ0n) is 12.2. The number of nitrogens with zero attached hydrogens (tertiary/aromatic N) is 3. The lowest BCUT2D eigenvalue weighted by Crippen LogP contribution is -2.29. The molecule has 0 bridgehead atoms. The van der Waals surface area contributed by atoms with Crippen LogP contribution in [-0.4, -0.2) is 27.2 Å². The van der Waals surface area contributed by atoms with E-state index in [0.717, 1.165) is 18.1 Å². The van der Waals surface area contributed by atoms with E-state index in [1.165, 1.54) is 5.56 Å². The minimum atomic E-state index is -0.144. The maximum atomic E-state index is 12.2. The molecule has 0 radical (unpaired) electrons. The number of fused-ring (bicyclic) bond motifs is 1. The van der Waals surface area contributed by atoms with Gasteiger partial charge in [0.05, 0.1) is 6.04 Å². The Hall–Kier alpha value is -2.37. The number of carbonyl (C=O) groups is 1. The number of aromatic nitrogens is 3. The van der Waals surface area contributed by atoms with E-state index in [1.807, 2.05) is 30.7 Å². The van der Waals surface area contributed by atoms with Crippen molar-refractivity contribution in [2.45, 2.75) is 25.3 Å². The summed E-state index contributed by atoms with van der Waals surface area (Å²) < 4.78 is 1.82. The molecule has 110 valence electrons. The second-order valence-electron chi connectivity index (χ2n) is 5.46. The number of para-hydroxylation sites is 1. The van der Waals surface area contributed by atoms with E-state index in [9.17, 15) is 4.79 Å². The molecular weight excluding hydrogens is 266 g/mol. The fraction of sp³-hybridized carbons (Fsp3) is 0.400. The largest absolute Gasteiger partial charge is 0.384 e. The van der Waals surface area contributed by atoms with Crippen LogP contribution in [0.5, 0.6) is 0 Å². The summed E-state index contributed by atoms with van der Waals surface area (Å²) in [6.07, 6.45) is 2.11. The van der Waals surface area contributed by atoms with Gasteiger partial charge < -0.3 is 15.2 Å². The molecule has 1 aliphatic heterocycles. The summed E-state index contributed by atoms with van der Waals surface area (Å²) in [6.45, 7) is 2.73. The predicted molar refractivity (Wildman–Crippen MR) is 79.9 cm³/mol. The molecule has 1 aromatic carbocycles. The maximum absolute atomic E-state index is 12.2. The Balaban J connectivity index is 1.62. The molecule has 6 heteroatoms. The monoisotopic (exact) mass is 285 g/mol. The number of anilines is 1. The Kier molecular flexibility index (Phi) is 3.60. The Labute approximate surface area is 123 Å². The molecule has 0 saturated heterocycles. The average molecular weight is 285 g/mol. The van der Waals surface area contributed by atoms with E-state index in [-0.39, 0.29) is 17.9 Å². The van der Waals surface area contributed by atoms with E-state index in [0.29, 0.717) is 6.42 Å². The van der Waals surface area contributed by atoms with Crippen LogP contribution >= 0.6 is 0 Å². The highest BCUT2D eigenvalue weighted by Gasteiger charge is 2.25. The van der Waals surface area contributed by atoms with Crippen LogP contribution in [0.1, 0.15) is 36.7 Å². The minimum Gasteiger partial charge on any atom is -0.384 e. The molecule has 21 heavy (non-hydrogen) atoms. The number of hydrogen-bond acceptors (Lipinski definition) is 4. The van der Waals surface area contributed by atoms with Crippen molar-refractivity contribution in [3.63, 3.8) is 0 Å². The Bertz CT molecular complexity index is 651. The maximum Gasteiger partial charge on any atom is 0.221 e. The molecule has 2 unspecified atom stereocenters. The molecule has 0 spiro atoms. The van der Waals surface area contributed by atoms with Crippen molar-refractivity contribution in [2.75, 3.05) is 11.9 Å². The summed E-state index contributed by atoms with van der Waals surface area (Å²) in [5.74, 6) is 1.02. The number of aryl methyl sites for hydroxylation is 1. The van der Waals surface area contributed by atoms with Gasteiger partial charge >= 0.3 is 0 Å². The molecule has 1 aliphatic rings. The highest BCUT2D eigenvalue weighted by Crippen LogP contribution is 2.33.